The highest BCUT2D eigenvalue weighted by Crippen LogP contribution is 2.39. The predicted molar refractivity (Wildman–Crippen MR) is 71.8 cm³/mol. The van der Waals surface area contributed by atoms with Crippen LogP contribution in [0.1, 0.15) is 42.7 Å². The van der Waals surface area contributed by atoms with Gasteiger partial charge in [0.2, 0.25) is 0 Å². The van der Waals surface area contributed by atoms with E-state index in [-0.39, 0.29) is 11.9 Å². The topological polar surface area (TPSA) is 58.2 Å². The van der Waals surface area contributed by atoms with Crippen LogP contribution >= 0.6 is 0 Å². The molecular formula is C15H18N2O2. The van der Waals surface area contributed by atoms with E-state index in [1.807, 2.05) is 0 Å². The quantitative estimate of drug-likeness (QED) is 0.759. The molecule has 0 atom stereocenters. The zero-order valence-corrected chi connectivity index (χ0v) is 11.0. The second kappa shape index (κ2) is 4.37. The van der Waals surface area contributed by atoms with Gasteiger partial charge in [0.05, 0.1) is 0 Å². The van der Waals surface area contributed by atoms with E-state index in [9.17, 15) is 9.59 Å². The molecule has 3 amide bonds. The molecule has 1 aromatic rings. The van der Waals surface area contributed by atoms with Crippen LogP contribution in [0.3, 0.4) is 0 Å². The van der Waals surface area contributed by atoms with Gasteiger partial charge in [-0.2, -0.15) is 0 Å². The van der Waals surface area contributed by atoms with Gasteiger partial charge >= 0.3 is 6.03 Å². The fourth-order valence-corrected chi connectivity index (χ4v) is 3.16. The summed E-state index contributed by atoms with van der Waals surface area (Å²) in [5, 5.41) is 5.15. The summed E-state index contributed by atoms with van der Waals surface area (Å²) in [6.07, 6.45) is 3.33. The van der Waals surface area contributed by atoms with Gasteiger partial charge in [-0.3, -0.25) is 10.1 Å². The van der Waals surface area contributed by atoms with Crippen molar-refractivity contribution in [3.63, 3.8) is 0 Å². The molecule has 1 saturated heterocycles. The summed E-state index contributed by atoms with van der Waals surface area (Å²) >= 11 is 0. The number of carbonyl (C=O) groups is 2. The number of hydrogen-bond donors (Lipinski definition) is 2. The lowest BCUT2D eigenvalue weighted by atomic mass is 9.74. The number of rotatable bonds is 1. The van der Waals surface area contributed by atoms with E-state index in [0.29, 0.717) is 5.92 Å². The first-order valence-electron chi connectivity index (χ1n) is 6.79. The molecule has 4 heteroatoms. The average molecular weight is 258 g/mol. The Morgan fingerprint density at radius 3 is 2.26 bits per heavy atom. The number of aryl methyl sites for hydroxylation is 1. The molecule has 4 nitrogen and oxygen atoms in total. The van der Waals surface area contributed by atoms with Crippen molar-refractivity contribution in [2.24, 2.45) is 0 Å². The summed E-state index contributed by atoms with van der Waals surface area (Å²) in [5.74, 6) is 0.344. The van der Waals surface area contributed by atoms with Gasteiger partial charge in [0.15, 0.2) is 0 Å². The monoisotopic (exact) mass is 258 g/mol. The number of nitrogens with one attached hydrogen (secondary N) is 2. The summed E-state index contributed by atoms with van der Waals surface area (Å²) < 4.78 is 0. The molecule has 3 rings (SSSR count). The number of hydrogen-bond acceptors (Lipinski definition) is 2. The highest BCUT2D eigenvalue weighted by molar-refractivity contribution is 6.07. The minimum atomic E-state index is -0.641. The Hall–Kier alpha value is -1.84. The van der Waals surface area contributed by atoms with Crippen molar-refractivity contribution in [2.75, 3.05) is 0 Å². The third kappa shape index (κ3) is 2.11. The van der Waals surface area contributed by atoms with Crippen LogP contribution in [0.5, 0.6) is 0 Å². The molecule has 1 aliphatic heterocycles. The lowest BCUT2D eigenvalue weighted by Gasteiger charge is -2.34. The van der Waals surface area contributed by atoms with Gasteiger partial charge in [-0.25, -0.2) is 4.79 Å². The molecule has 0 bridgehead atoms. The molecule has 0 unspecified atom stereocenters. The third-order valence-corrected chi connectivity index (χ3v) is 4.40. The van der Waals surface area contributed by atoms with Crippen LogP contribution in [0.25, 0.3) is 0 Å². The highest BCUT2D eigenvalue weighted by atomic mass is 16.2. The van der Waals surface area contributed by atoms with Crippen molar-refractivity contribution < 1.29 is 9.59 Å². The van der Waals surface area contributed by atoms with Crippen molar-refractivity contribution in [1.29, 1.82) is 0 Å². The van der Waals surface area contributed by atoms with Crippen LogP contribution in [-0.2, 0) is 4.79 Å². The van der Waals surface area contributed by atoms with Crippen LogP contribution in [-0.4, -0.2) is 17.5 Å². The van der Waals surface area contributed by atoms with Crippen LogP contribution in [0, 0.1) is 6.92 Å². The normalized spacial score (nSPS) is 30.3. The molecule has 0 radical (unpaired) electrons. The largest absolute Gasteiger partial charge is 0.323 e. The minimum Gasteiger partial charge on any atom is -0.323 e. The molecular weight excluding hydrogens is 240 g/mol. The molecule has 1 saturated carbocycles. The third-order valence-electron chi connectivity index (χ3n) is 4.40. The molecule has 1 heterocycles. The van der Waals surface area contributed by atoms with E-state index in [1.165, 1.54) is 11.1 Å². The molecule has 1 aromatic carbocycles. The van der Waals surface area contributed by atoms with Crippen LogP contribution in [0.15, 0.2) is 24.3 Å². The van der Waals surface area contributed by atoms with Crippen molar-refractivity contribution in [3.05, 3.63) is 35.4 Å². The number of urea groups is 1. The molecule has 0 aromatic heterocycles. The second-order valence-electron chi connectivity index (χ2n) is 5.68. The first kappa shape index (κ1) is 12.2. The average Bonchev–Trinajstić information content (AvgIpc) is 2.66. The zero-order chi connectivity index (χ0) is 13.5. The standard InChI is InChI=1S/C15H18N2O2/c1-10-2-4-11(5-3-10)12-6-8-15(9-7-12)13(18)16-14(19)17-15/h2-5,12H,6-9H2,1H3,(H2,16,17,18,19). The summed E-state index contributed by atoms with van der Waals surface area (Å²) in [7, 11) is 0. The van der Waals surface area contributed by atoms with E-state index < -0.39 is 5.54 Å². The fraction of sp³-hybridized carbons (Fsp3) is 0.467. The zero-order valence-electron chi connectivity index (χ0n) is 11.0. The number of carbonyl (C=O) groups excluding carboxylic acids is 2. The van der Waals surface area contributed by atoms with Crippen molar-refractivity contribution in [2.45, 2.75) is 44.1 Å². The molecule has 1 aliphatic carbocycles. The Morgan fingerprint density at radius 2 is 1.74 bits per heavy atom. The molecule has 1 spiro atoms. The molecule has 2 fully saturated rings. The lowest BCUT2D eigenvalue weighted by molar-refractivity contribution is -0.125. The van der Waals surface area contributed by atoms with E-state index in [0.717, 1.165) is 25.7 Å². The highest BCUT2D eigenvalue weighted by Gasteiger charge is 2.48. The van der Waals surface area contributed by atoms with Crippen LogP contribution in [0.4, 0.5) is 4.79 Å². The van der Waals surface area contributed by atoms with Crippen molar-refractivity contribution in [1.82, 2.24) is 10.6 Å². The van der Waals surface area contributed by atoms with Crippen molar-refractivity contribution >= 4 is 11.9 Å². The minimum absolute atomic E-state index is 0.153. The number of amides is 3. The van der Waals surface area contributed by atoms with E-state index in [1.54, 1.807) is 0 Å². The number of imide groups is 1. The van der Waals surface area contributed by atoms with Gasteiger partial charge in [0, 0.05) is 0 Å². The summed E-state index contributed by atoms with van der Waals surface area (Å²) in [6.45, 7) is 2.08. The van der Waals surface area contributed by atoms with E-state index in [4.69, 9.17) is 0 Å². The first-order valence-corrected chi connectivity index (χ1v) is 6.79. The summed E-state index contributed by atoms with van der Waals surface area (Å²) in [5.41, 5.74) is 1.96. The van der Waals surface area contributed by atoms with Gasteiger partial charge in [-0.1, -0.05) is 29.8 Å². The molecule has 2 aliphatic rings. The van der Waals surface area contributed by atoms with Gasteiger partial charge in [-0.15, -0.1) is 0 Å². The Labute approximate surface area is 112 Å². The molecule has 100 valence electrons. The smallest absolute Gasteiger partial charge is 0.322 e. The maximum absolute atomic E-state index is 11.9. The Kier molecular flexibility index (Phi) is 2.81. The van der Waals surface area contributed by atoms with Crippen LogP contribution in [0.2, 0.25) is 0 Å². The Balaban J connectivity index is 1.71. The maximum atomic E-state index is 11.9. The summed E-state index contributed by atoms with van der Waals surface area (Å²) in [4.78, 5) is 23.1. The van der Waals surface area contributed by atoms with Gasteiger partial charge < -0.3 is 5.32 Å². The predicted octanol–water partition coefficient (Wildman–Crippen LogP) is 2.23. The maximum Gasteiger partial charge on any atom is 0.322 e. The van der Waals surface area contributed by atoms with E-state index >= 15 is 0 Å². The van der Waals surface area contributed by atoms with Gasteiger partial charge in [-0.05, 0) is 44.1 Å². The SMILES string of the molecule is Cc1ccc(C2CCC3(CC2)NC(=O)NC3=O)cc1. The van der Waals surface area contributed by atoms with Gasteiger partial charge in [0.1, 0.15) is 5.54 Å². The van der Waals surface area contributed by atoms with Gasteiger partial charge in [0.25, 0.3) is 5.91 Å². The fourth-order valence-electron chi connectivity index (χ4n) is 3.16. The summed E-state index contributed by atoms with van der Waals surface area (Å²) in [6, 6.07) is 8.25. The number of benzene rings is 1. The lowest BCUT2D eigenvalue weighted by Crippen LogP contribution is -2.49. The second-order valence-corrected chi connectivity index (χ2v) is 5.68. The Bertz CT molecular complexity index is 513. The Morgan fingerprint density at radius 1 is 1.11 bits per heavy atom. The molecule has 2 N–H and O–H groups in total. The van der Waals surface area contributed by atoms with Crippen molar-refractivity contribution in [3.8, 4) is 0 Å². The van der Waals surface area contributed by atoms with Crippen LogP contribution < -0.4 is 10.6 Å². The molecule has 19 heavy (non-hydrogen) atoms. The van der Waals surface area contributed by atoms with E-state index in [2.05, 4.69) is 41.8 Å². The first-order chi connectivity index (χ1) is 9.09.